The van der Waals surface area contributed by atoms with Gasteiger partial charge in [-0.2, -0.15) is 0 Å². The van der Waals surface area contributed by atoms with Gasteiger partial charge in [0, 0.05) is 19.5 Å². The Morgan fingerprint density at radius 1 is 0.516 bits per heavy atom. The van der Waals surface area contributed by atoms with Crippen LogP contribution in [0.15, 0.2) is 64.6 Å². The van der Waals surface area contributed by atoms with Crippen LogP contribution < -0.4 is 20.8 Å². The summed E-state index contributed by atoms with van der Waals surface area (Å²) >= 11 is 0. The molecule has 64 heavy (non-hydrogen) atoms. The molecule has 0 spiro atoms. The summed E-state index contributed by atoms with van der Waals surface area (Å²) in [5.41, 5.74) is 7.96. The summed E-state index contributed by atoms with van der Waals surface area (Å²) in [4.78, 5) is 9.79. The van der Waals surface area contributed by atoms with E-state index in [4.69, 9.17) is 9.98 Å². The number of nitrogens with one attached hydrogen (secondary N) is 2. The molecule has 0 aliphatic rings. The van der Waals surface area contributed by atoms with Crippen molar-refractivity contribution in [3.05, 3.63) is 71.3 Å². The van der Waals surface area contributed by atoms with Crippen LogP contribution in [0.1, 0.15) is 211 Å². The summed E-state index contributed by atoms with van der Waals surface area (Å²) in [5, 5.41) is 28.6. The molecule has 0 atom stereocenters. The van der Waals surface area contributed by atoms with Crippen molar-refractivity contribution in [1.29, 1.82) is 0 Å². The Balaban J connectivity index is 0.00000125. The fourth-order valence-electron chi connectivity index (χ4n) is 7.79. The number of nitrogens with zero attached hydrogens (tertiary/aromatic N) is 2. The largest absolute Gasteiger partial charge is 2.00 e. The average Bonchev–Trinajstić information content (AvgIpc) is 3.27. The van der Waals surface area contributed by atoms with Crippen LogP contribution in [-0.2, 0) is 22.9 Å². The van der Waals surface area contributed by atoms with Crippen LogP contribution in [0, 0.1) is 25.7 Å². The van der Waals surface area contributed by atoms with Crippen LogP contribution in [0.2, 0.25) is 0 Å². The molecular weight excluding hydrogens is 831 g/mol. The van der Waals surface area contributed by atoms with Gasteiger partial charge in [0.05, 0.1) is 29.0 Å². The maximum Gasteiger partial charge on any atom is 2.00 e. The summed E-state index contributed by atoms with van der Waals surface area (Å²) in [6.07, 6.45) is 38.0. The molecule has 0 aliphatic heterocycles. The summed E-state index contributed by atoms with van der Waals surface area (Å²) in [7, 11) is 0. The van der Waals surface area contributed by atoms with Gasteiger partial charge in [0.15, 0.2) is 0 Å². The van der Waals surface area contributed by atoms with Crippen molar-refractivity contribution in [2.24, 2.45) is 9.98 Å². The fourth-order valence-corrected chi connectivity index (χ4v) is 7.79. The van der Waals surface area contributed by atoms with E-state index in [2.05, 4.69) is 100 Å². The van der Waals surface area contributed by atoms with E-state index in [1.807, 2.05) is 6.21 Å². The monoisotopic (exact) mass is 919 g/mol. The number of hydrogen-bond donors (Lipinski definition) is 2. The number of aliphatic imine (C=N–C) groups is 2. The van der Waals surface area contributed by atoms with E-state index in [1.54, 1.807) is 6.07 Å². The first-order valence-corrected chi connectivity index (χ1v) is 25.6. The van der Waals surface area contributed by atoms with Gasteiger partial charge in [-0.15, -0.1) is 11.5 Å². The van der Waals surface area contributed by atoms with Gasteiger partial charge in [-0.1, -0.05) is 198 Å². The minimum atomic E-state index is -0.403. The smallest absolute Gasteiger partial charge is 0.873 e. The summed E-state index contributed by atoms with van der Waals surface area (Å²) in [5.74, 6) is 5.98. The Morgan fingerprint density at radius 2 is 0.953 bits per heavy atom. The Labute approximate surface area is 402 Å². The molecule has 0 aromatic heterocycles. The summed E-state index contributed by atoms with van der Waals surface area (Å²) in [6, 6.07) is 17.2. The first-order chi connectivity index (χ1) is 30.8. The second-order valence-electron chi connectivity index (χ2n) is 17.6. The fraction of sp³-hybridized carbons (Fsp3) is 0.614. The van der Waals surface area contributed by atoms with E-state index in [1.165, 1.54) is 171 Å². The van der Waals surface area contributed by atoms with E-state index in [-0.39, 0.29) is 22.2 Å². The van der Waals surface area contributed by atoms with Crippen molar-refractivity contribution >= 4 is 34.7 Å². The molecule has 0 fully saturated rings. The van der Waals surface area contributed by atoms with Crippen LogP contribution in [0.3, 0.4) is 0 Å². The Hall–Kier alpha value is -3.75. The van der Waals surface area contributed by atoms with Crippen molar-refractivity contribution < 1.29 is 26.7 Å². The van der Waals surface area contributed by atoms with Gasteiger partial charge >= 0.3 is 16.5 Å². The van der Waals surface area contributed by atoms with E-state index in [0.29, 0.717) is 5.71 Å². The molecule has 0 amide bonds. The zero-order chi connectivity index (χ0) is 45.6. The van der Waals surface area contributed by atoms with Crippen LogP contribution >= 0.6 is 0 Å². The molecule has 0 saturated carbocycles. The Bertz CT molecular complexity index is 1740. The van der Waals surface area contributed by atoms with Crippen LogP contribution in [0.5, 0.6) is 11.5 Å². The van der Waals surface area contributed by atoms with Gasteiger partial charge in [0.1, 0.15) is 5.71 Å². The third kappa shape index (κ3) is 28.9. The molecule has 0 heterocycles. The third-order valence-electron chi connectivity index (χ3n) is 11.6. The van der Waals surface area contributed by atoms with Crippen LogP contribution in [0.25, 0.3) is 0 Å². The SMILES string of the molecule is CCCCCCCCCCCCCCCCCCCCCCCCC#CC(C=Nc1ccc(C)cc1NCC)=Nc1ccc(C)cc1NCC.CCCCCc1ccc([O-])c([O-])c1.[Ni+2]. The molecular formula is C57H88N4NiO2. The first kappa shape index (κ1) is 58.3. The van der Waals surface area contributed by atoms with Crippen molar-refractivity contribution in [2.75, 3.05) is 23.7 Å². The van der Waals surface area contributed by atoms with Gasteiger partial charge in [-0.05, 0) is 93.8 Å². The minimum absolute atomic E-state index is 0. The van der Waals surface area contributed by atoms with Gasteiger partial charge in [0.25, 0.3) is 0 Å². The number of anilines is 2. The third-order valence-corrected chi connectivity index (χ3v) is 11.6. The molecule has 0 radical (unpaired) electrons. The molecule has 0 bridgehead atoms. The molecule has 0 saturated heterocycles. The van der Waals surface area contributed by atoms with Crippen LogP contribution in [0.4, 0.5) is 22.7 Å². The van der Waals surface area contributed by atoms with Crippen molar-refractivity contribution in [1.82, 2.24) is 0 Å². The van der Waals surface area contributed by atoms with E-state index < -0.39 is 5.75 Å². The van der Waals surface area contributed by atoms with Crippen molar-refractivity contribution in [3.8, 4) is 23.3 Å². The molecule has 2 N–H and O–H groups in total. The number of unbranched alkanes of at least 4 members (excludes halogenated alkanes) is 24. The number of hydrogen-bond acceptors (Lipinski definition) is 6. The molecule has 3 rings (SSSR count). The summed E-state index contributed by atoms with van der Waals surface area (Å²) < 4.78 is 0. The Morgan fingerprint density at radius 3 is 1.42 bits per heavy atom. The second-order valence-corrected chi connectivity index (χ2v) is 17.6. The van der Waals surface area contributed by atoms with Crippen molar-refractivity contribution in [3.63, 3.8) is 0 Å². The van der Waals surface area contributed by atoms with Gasteiger partial charge in [-0.3, -0.25) is 4.99 Å². The van der Waals surface area contributed by atoms with Crippen molar-refractivity contribution in [2.45, 2.75) is 215 Å². The predicted octanol–water partition coefficient (Wildman–Crippen LogP) is 16.2. The molecule has 3 aromatic rings. The predicted molar refractivity (Wildman–Crippen MR) is 274 cm³/mol. The molecule has 7 heteroatoms. The second kappa shape index (κ2) is 39.6. The zero-order valence-corrected chi connectivity index (χ0v) is 42.3. The molecule has 3 aromatic carbocycles. The number of rotatable bonds is 33. The maximum absolute atomic E-state index is 11.0. The maximum atomic E-state index is 11.0. The molecule has 0 aliphatic carbocycles. The topological polar surface area (TPSA) is 94.9 Å². The van der Waals surface area contributed by atoms with Gasteiger partial charge in [0.2, 0.25) is 0 Å². The standard InChI is InChI=1S/C46H74N4.C11H16O2.Ni/c1-6-9-10-11-12-13-14-15-16-17-18-19-20-21-22-23-24-25-26-27-28-29-30-31-32-42(50-44-36-34-41(5)38-46(44)48-8-3)39-49-43-35-33-40(4)37-45(43)47-7-2;1-2-3-4-5-9-6-7-10(12)11(13)8-9;/h33-39,47-48H,6-30H2,1-5H3;6-8,12-13H,2-5H2,1H3;/q;;+2/p-2. The van der Waals surface area contributed by atoms with E-state index in [9.17, 15) is 10.2 Å². The van der Waals surface area contributed by atoms with E-state index in [0.717, 1.165) is 67.1 Å². The van der Waals surface area contributed by atoms with Gasteiger partial charge < -0.3 is 20.8 Å². The molecule has 358 valence electrons. The average molecular weight is 920 g/mol. The van der Waals surface area contributed by atoms with Crippen LogP contribution in [-0.4, -0.2) is 25.0 Å². The zero-order valence-electron chi connectivity index (χ0n) is 41.3. The first-order valence-electron chi connectivity index (χ1n) is 25.6. The minimum Gasteiger partial charge on any atom is -0.873 e. The normalized spacial score (nSPS) is 11.1. The molecule has 0 unspecified atom stereocenters. The number of aryl methyl sites for hydroxylation is 3. The molecule has 6 nitrogen and oxygen atoms in total. The van der Waals surface area contributed by atoms with E-state index >= 15 is 0 Å². The number of benzene rings is 3. The summed E-state index contributed by atoms with van der Waals surface area (Å²) in [6.45, 7) is 14.6. The quantitative estimate of drug-likeness (QED) is 0.0275. The van der Waals surface area contributed by atoms with Gasteiger partial charge in [-0.25, -0.2) is 4.99 Å². The Kier molecular flexibility index (Phi) is 36.1.